The van der Waals surface area contributed by atoms with E-state index in [0.717, 1.165) is 0 Å². The Labute approximate surface area is 157 Å². The first kappa shape index (κ1) is 19.9. The molecular weight excluding hydrogens is 352 g/mol. The molecule has 1 amide bonds. The predicted octanol–water partition coefficient (Wildman–Crippen LogP) is 3.77. The molecule has 0 bridgehead atoms. The fourth-order valence-electron chi connectivity index (χ4n) is 2.40. The summed E-state index contributed by atoms with van der Waals surface area (Å²) in [4.78, 5) is 31.0. The molecule has 0 radical (unpaired) electrons. The molecule has 7 heteroatoms. The Morgan fingerprint density at radius 1 is 1.23 bits per heavy atom. The topological polar surface area (TPSA) is 68.7 Å². The van der Waals surface area contributed by atoms with Gasteiger partial charge in [0.1, 0.15) is 10.8 Å². The van der Waals surface area contributed by atoms with Crippen LogP contribution in [0.15, 0.2) is 29.6 Å². The maximum atomic E-state index is 13.1. The van der Waals surface area contributed by atoms with Crippen LogP contribution in [-0.4, -0.2) is 41.0 Å². The Morgan fingerprint density at radius 2 is 1.92 bits per heavy atom. The predicted molar refractivity (Wildman–Crippen MR) is 101 cm³/mol. The fourth-order valence-corrected chi connectivity index (χ4v) is 3.15. The highest BCUT2D eigenvalue weighted by Crippen LogP contribution is 2.26. The zero-order valence-electron chi connectivity index (χ0n) is 15.7. The van der Waals surface area contributed by atoms with E-state index < -0.39 is 11.5 Å². The van der Waals surface area contributed by atoms with Crippen molar-refractivity contribution in [1.29, 1.82) is 0 Å². The van der Waals surface area contributed by atoms with Gasteiger partial charge in [0.2, 0.25) is 0 Å². The molecule has 0 fully saturated rings. The molecule has 1 aromatic carbocycles. The number of methoxy groups -OCH3 is 1. The molecule has 0 spiro atoms. The molecule has 0 aliphatic heterocycles. The third-order valence-electron chi connectivity index (χ3n) is 3.72. The highest BCUT2D eigenvalue weighted by atomic mass is 32.1. The molecule has 0 atom stereocenters. The summed E-state index contributed by atoms with van der Waals surface area (Å²) in [6, 6.07) is 7.13. The Bertz CT molecular complexity index is 780. The van der Waals surface area contributed by atoms with Gasteiger partial charge in [-0.3, -0.25) is 4.79 Å². The number of ether oxygens (including phenoxy) is 2. The summed E-state index contributed by atoms with van der Waals surface area (Å²) in [7, 11) is 1.54. The summed E-state index contributed by atoms with van der Waals surface area (Å²) in [5, 5.41) is 2.33. The molecule has 0 saturated heterocycles. The van der Waals surface area contributed by atoms with Crippen LogP contribution < -0.4 is 4.74 Å². The van der Waals surface area contributed by atoms with Crippen LogP contribution in [0.3, 0.4) is 0 Å². The number of rotatable bonds is 6. The first-order valence-electron chi connectivity index (χ1n) is 8.34. The van der Waals surface area contributed by atoms with Crippen LogP contribution in [0, 0.1) is 0 Å². The maximum absolute atomic E-state index is 13.1. The second-order valence-corrected chi connectivity index (χ2v) is 7.55. The first-order valence-corrected chi connectivity index (χ1v) is 9.22. The lowest BCUT2D eigenvalue weighted by Crippen LogP contribution is -2.45. The van der Waals surface area contributed by atoms with Crippen molar-refractivity contribution in [3.05, 3.63) is 45.9 Å². The minimum Gasteiger partial charge on any atom is -0.496 e. The van der Waals surface area contributed by atoms with Gasteiger partial charge >= 0.3 is 5.97 Å². The number of thiazole rings is 1. The molecular formula is C19H24N2O4S. The number of aromatic nitrogens is 1. The Balaban J connectivity index is 2.29. The highest BCUT2D eigenvalue weighted by Gasteiger charge is 2.30. The van der Waals surface area contributed by atoms with E-state index >= 15 is 0 Å². The average Bonchev–Trinajstić information content (AvgIpc) is 3.07. The third kappa shape index (κ3) is 4.60. The second kappa shape index (κ2) is 8.31. The van der Waals surface area contributed by atoms with Gasteiger partial charge in [0, 0.05) is 10.9 Å². The summed E-state index contributed by atoms with van der Waals surface area (Å²) in [5.41, 5.74) is 0.325. The van der Waals surface area contributed by atoms with Crippen LogP contribution in [0.25, 0.3) is 0 Å². The fraction of sp³-hybridized carbons (Fsp3) is 0.421. The van der Waals surface area contributed by atoms with Gasteiger partial charge in [0.05, 0.1) is 25.8 Å². The third-order valence-corrected chi connectivity index (χ3v) is 4.56. The van der Waals surface area contributed by atoms with Gasteiger partial charge in [0.25, 0.3) is 5.91 Å². The lowest BCUT2D eigenvalue weighted by Gasteiger charge is -2.35. The van der Waals surface area contributed by atoms with Crippen molar-refractivity contribution in [2.24, 2.45) is 0 Å². The van der Waals surface area contributed by atoms with Gasteiger partial charge in [-0.2, -0.15) is 0 Å². The van der Waals surface area contributed by atoms with E-state index in [1.165, 1.54) is 11.3 Å². The summed E-state index contributed by atoms with van der Waals surface area (Å²) >= 11 is 1.33. The number of amides is 1. The molecule has 0 saturated carbocycles. The molecule has 0 N–H and O–H groups in total. The van der Waals surface area contributed by atoms with Crippen LogP contribution in [0.2, 0.25) is 0 Å². The number of carbonyl (C=O) groups excluding carboxylic acids is 2. The normalized spacial score (nSPS) is 11.1. The molecule has 2 aromatic rings. The number of hydrogen-bond donors (Lipinski definition) is 0. The molecule has 6 nitrogen and oxygen atoms in total. The van der Waals surface area contributed by atoms with Gasteiger partial charge in [-0.25, -0.2) is 9.78 Å². The van der Waals surface area contributed by atoms with Crippen molar-refractivity contribution in [2.45, 2.75) is 39.8 Å². The summed E-state index contributed by atoms with van der Waals surface area (Å²) < 4.78 is 10.3. The maximum Gasteiger partial charge on any atom is 0.357 e. The molecule has 140 valence electrons. The quantitative estimate of drug-likeness (QED) is 0.718. The first-order chi connectivity index (χ1) is 12.3. The number of para-hydroxylation sites is 1. The lowest BCUT2D eigenvalue weighted by atomic mass is 10.0. The molecule has 1 heterocycles. The van der Waals surface area contributed by atoms with Gasteiger partial charge < -0.3 is 14.4 Å². The minimum atomic E-state index is -0.451. The second-order valence-electron chi connectivity index (χ2n) is 6.61. The number of hydrogen-bond acceptors (Lipinski definition) is 6. The Kier molecular flexibility index (Phi) is 6.37. The Hall–Kier alpha value is -2.41. The number of carbonyl (C=O) groups is 2. The van der Waals surface area contributed by atoms with Crippen LogP contribution in [0.4, 0.5) is 0 Å². The van der Waals surface area contributed by atoms with Crippen LogP contribution >= 0.6 is 11.3 Å². The van der Waals surface area contributed by atoms with E-state index in [-0.39, 0.29) is 11.6 Å². The van der Waals surface area contributed by atoms with Crippen molar-refractivity contribution < 1.29 is 19.1 Å². The standard InChI is InChI=1S/C19H24N2O4S/c1-6-25-18(23)14-12-26-16(20-14)11-21(19(2,3)4)17(22)13-9-7-8-10-15(13)24-5/h7-10,12H,6,11H2,1-5H3. The SMILES string of the molecule is CCOC(=O)c1csc(CN(C(=O)c2ccccc2OC)C(C)(C)C)n1. The van der Waals surface area contributed by atoms with Crippen molar-refractivity contribution in [3.8, 4) is 5.75 Å². The average molecular weight is 376 g/mol. The van der Waals surface area contributed by atoms with Crippen LogP contribution in [0.5, 0.6) is 5.75 Å². The Morgan fingerprint density at radius 3 is 2.54 bits per heavy atom. The van der Waals surface area contributed by atoms with E-state index in [4.69, 9.17) is 9.47 Å². The minimum absolute atomic E-state index is 0.150. The highest BCUT2D eigenvalue weighted by molar-refractivity contribution is 7.09. The van der Waals surface area contributed by atoms with E-state index in [9.17, 15) is 9.59 Å². The van der Waals surface area contributed by atoms with Crippen molar-refractivity contribution in [1.82, 2.24) is 9.88 Å². The number of esters is 1. The van der Waals surface area contributed by atoms with E-state index in [2.05, 4.69) is 4.98 Å². The largest absolute Gasteiger partial charge is 0.496 e. The van der Waals surface area contributed by atoms with Crippen molar-refractivity contribution in [3.63, 3.8) is 0 Å². The number of benzene rings is 1. The monoisotopic (exact) mass is 376 g/mol. The van der Waals surface area contributed by atoms with E-state index in [1.807, 2.05) is 26.8 Å². The molecule has 2 rings (SSSR count). The smallest absolute Gasteiger partial charge is 0.357 e. The van der Waals surface area contributed by atoms with Crippen molar-refractivity contribution >= 4 is 23.2 Å². The molecule has 1 aromatic heterocycles. The van der Waals surface area contributed by atoms with Gasteiger partial charge in [-0.15, -0.1) is 11.3 Å². The summed E-state index contributed by atoms with van der Waals surface area (Å²) in [6.07, 6.45) is 0. The summed E-state index contributed by atoms with van der Waals surface area (Å²) in [5.74, 6) is -0.0747. The molecule has 0 aliphatic rings. The molecule has 0 aliphatic carbocycles. The van der Waals surface area contributed by atoms with Crippen LogP contribution in [-0.2, 0) is 11.3 Å². The van der Waals surface area contributed by atoms with Gasteiger partial charge in [-0.05, 0) is 39.8 Å². The zero-order valence-corrected chi connectivity index (χ0v) is 16.6. The van der Waals surface area contributed by atoms with Gasteiger partial charge in [-0.1, -0.05) is 12.1 Å². The number of nitrogens with zero attached hydrogens (tertiary/aromatic N) is 2. The van der Waals surface area contributed by atoms with Crippen LogP contribution in [0.1, 0.15) is 53.5 Å². The lowest BCUT2D eigenvalue weighted by molar-refractivity contribution is 0.0520. The zero-order chi connectivity index (χ0) is 19.3. The van der Waals surface area contributed by atoms with Gasteiger partial charge in [0.15, 0.2) is 5.69 Å². The molecule has 26 heavy (non-hydrogen) atoms. The van der Waals surface area contributed by atoms with Crippen molar-refractivity contribution in [2.75, 3.05) is 13.7 Å². The molecule has 0 unspecified atom stereocenters. The van der Waals surface area contributed by atoms with E-state index in [0.29, 0.717) is 29.5 Å². The van der Waals surface area contributed by atoms with E-state index in [1.54, 1.807) is 42.5 Å². The summed E-state index contributed by atoms with van der Waals surface area (Å²) in [6.45, 7) is 8.22.